The van der Waals surface area contributed by atoms with Gasteiger partial charge in [-0.05, 0) is 52.3 Å². The molecule has 3 rings (SSSR count). The molecule has 18 heavy (non-hydrogen) atoms. The molecule has 0 heterocycles. The number of hydrogen-bond acceptors (Lipinski definition) is 1. The first-order chi connectivity index (χ1) is 8.47. The third-order valence-corrected chi connectivity index (χ3v) is 4.37. The molecule has 2 aliphatic rings. The molecule has 0 fully saturated rings. The Kier molecular flexibility index (Phi) is 2.60. The molecule has 0 saturated heterocycles. The minimum Gasteiger partial charge on any atom is -0.294 e. The third-order valence-electron chi connectivity index (χ3n) is 3.88. The van der Waals surface area contributed by atoms with Gasteiger partial charge in [0.2, 0.25) is 0 Å². The highest BCUT2D eigenvalue weighted by Gasteiger charge is 2.33. The number of hydrogen-bond donors (Lipinski definition) is 0. The third kappa shape index (κ3) is 1.79. The second-order valence-electron chi connectivity index (χ2n) is 5.73. The fraction of sp³-hybridized carbons (Fsp3) is 0.312. The van der Waals surface area contributed by atoms with Gasteiger partial charge in [-0.2, -0.15) is 0 Å². The summed E-state index contributed by atoms with van der Waals surface area (Å²) >= 11 is 3.53. The first-order valence-corrected chi connectivity index (χ1v) is 7.00. The van der Waals surface area contributed by atoms with E-state index in [1.54, 1.807) is 6.08 Å². The van der Waals surface area contributed by atoms with Crippen LogP contribution < -0.4 is 0 Å². The molecular weight excluding hydrogens is 288 g/mol. The lowest BCUT2D eigenvalue weighted by atomic mass is 9.68. The minimum atomic E-state index is 0.138. The molecule has 0 aromatic heterocycles. The molecule has 0 spiro atoms. The van der Waals surface area contributed by atoms with Crippen LogP contribution in [0.4, 0.5) is 0 Å². The Balaban J connectivity index is 2.26. The van der Waals surface area contributed by atoms with Crippen LogP contribution in [0, 0.1) is 0 Å². The summed E-state index contributed by atoms with van der Waals surface area (Å²) in [6, 6.07) is 6.43. The summed E-state index contributed by atoms with van der Waals surface area (Å²) < 4.78 is 1.08. The van der Waals surface area contributed by atoms with E-state index in [0.717, 1.165) is 10.9 Å². The highest BCUT2D eigenvalue weighted by atomic mass is 79.9. The Bertz CT molecular complexity index is 606. The van der Waals surface area contributed by atoms with Gasteiger partial charge in [0.1, 0.15) is 0 Å². The quantitative estimate of drug-likeness (QED) is 0.693. The van der Waals surface area contributed by atoms with Gasteiger partial charge in [-0.3, -0.25) is 4.79 Å². The van der Waals surface area contributed by atoms with Crippen LogP contribution in [-0.2, 0) is 10.2 Å². The standard InChI is InChI=1S/C16H15BrO/c1-16(2)9-10-3-5-12(18)8-13(10)14-7-11(17)4-6-15(14)16/h3-7H,8-9H2,1-2H3. The monoisotopic (exact) mass is 302 g/mol. The van der Waals surface area contributed by atoms with E-state index in [1.165, 1.54) is 22.3 Å². The Morgan fingerprint density at radius 3 is 2.78 bits per heavy atom. The number of carbonyl (C=O) groups excluding carboxylic acids is 1. The highest BCUT2D eigenvalue weighted by molar-refractivity contribution is 9.10. The number of ketones is 1. The van der Waals surface area contributed by atoms with Gasteiger partial charge in [0.15, 0.2) is 5.78 Å². The lowest BCUT2D eigenvalue weighted by molar-refractivity contribution is -0.113. The molecular formula is C16H15BrO. The van der Waals surface area contributed by atoms with Crippen molar-refractivity contribution in [3.8, 4) is 0 Å². The van der Waals surface area contributed by atoms with Crippen molar-refractivity contribution in [1.82, 2.24) is 0 Å². The minimum absolute atomic E-state index is 0.138. The second-order valence-corrected chi connectivity index (χ2v) is 6.65. The van der Waals surface area contributed by atoms with Gasteiger partial charge in [-0.15, -0.1) is 0 Å². The maximum Gasteiger partial charge on any atom is 0.160 e. The fourth-order valence-corrected chi connectivity index (χ4v) is 3.36. The lowest BCUT2D eigenvalue weighted by Crippen LogP contribution is -2.25. The van der Waals surface area contributed by atoms with Gasteiger partial charge in [0.05, 0.1) is 0 Å². The Morgan fingerprint density at radius 2 is 2.00 bits per heavy atom. The lowest BCUT2D eigenvalue weighted by Gasteiger charge is -2.36. The number of fused-ring (bicyclic) bond motifs is 2. The van der Waals surface area contributed by atoms with Crippen molar-refractivity contribution in [1.29, 1.82) is 0 Å². The zero-order valence-electron chi connectivity index (χ0n) is 10.6. The van der Waals surface area contributed by atoms with E-state index in [0.29, 0.717) is 6.42 Å². The molecule has 0 saturated carbocycles. The summed E-state index contributed by atoms with van der Waals surface area (Å²) in [6.07, 6.45) is 5.29. The summed E-state index contributed by atoms with van der Waals surface area (Å²) in [5.41, 5.74) is 5.28. The van der Waals surface area contributed by atoms with Crippen LogP contribution >= 0.6 is 15.9 Å². The van der Waals surface area contributed by atoms with Crippen molar-refractivity contribution in [2.45, 2.75) is 32.1 Å². The maximum atomic E-state index is 11.6. The highest BCUT2D eigenvalue weighted by Crippen LogP contribution is 2.45. The molecule has 2 heteroatoms. The van der Waals surface area contributed by atoms with Crippen LogP contribution in [0.3, 0.4) is 0 Å². The fourth-order valence-electron chi connectivity index (χ4n) is 3.00. The van der Waals surface area contributed by atoms with E-state index in [9.17, 15) is 4.79 Å². The van der Waals surface area contributed by atoms with Crippen molar-refractivity contribution in [3.05, 3.63) is 51.5 Å². The molecule has 0 bridgehead atoms. The number of carbonyl (C=O) groups is 1. The van der Waals surface area contributed by atoms with Crippen LogP contribution in [0.1, 0.15) is 37.8 Å². The Hall–Kier alpha value is -1.15. The van der Waals surface area contributed by atoms with Crippen LogP contribution in [0.25, 0.3) is 5.57 Å². The largest absolute Gasteiger partial charge is 0.294 e. The zero-order valence-corrected chi connectivity index (χ0v) is 12.2. The molecule has 1 aromatic rings. The number of rotatable bonds is 0. The topological polar surface area (TPSA) is 17.1 Å². The first-order valence-electron chi connectivity index (χ1n) is 6.21. The molecule has 92 valence electrons. The van der Waals surface area contributed by atoms with Crippen LogP contribution in [0.15, 0.2) is 40.4 Å². The van der Waals surface area contributed by atoms with Gasteiger partial charge >= 0.3 is 0 Å². The molecule has 2 aliphatic carbocycles. The van der Waals surface area contributed by atoms with Crippen LogP contribution in [0.2, 0.25) is 0 Å². The second kappa shape index (κ2) is 3.92. The summed E-state index contributed by atoms with van der Waals surface area (Å²) in [6.45, 7) is 4.54. The number of allylic oxidation sites excluding steroid dienone is 4. The first kappa shape index (κ1) is 11.9. The van der Waals surface area contributed by atoms with Gasteiger partial charge < -0.3 is 0 Å². The van der Waals surface area contributed by atoms with E-state index in [-0.39, 0.29) is 11.2 Å². The summed E-state index contributed by atoms with van der Waals surface area (Å²) in [5, 5.41) is 0. The average Bonchev–Trinajstić information content (AvgIpc) is 2.30. The zero-order chi connectivity index (χ0) is 12.9. The number of halogens is 1. The SMILES string of the molecule is CC1(C)CC2=C(CC(=O)C=C2)c2cc(Br)ccc21. The van der Waals surface area contributed by atoms with E-state index < -0.39 is 0 Å². The van der Waals surface area contributed by atoms with E-state index >= 15 is 0 Å². The molecule has 0 amide bonds. The van der Waals surface area contributed by atoms with Crippen molar-refractivity contribution >= 4 is 27.3 Å². The predicted octanol–water partition coefficient (Wildman–Crippen LogP) is 4.41. The predicted molar refractivity (Wildman–Crippen MR) is 77.5 cm³/mol. The van der Waals surface area contributed by atoms with Gasteiger partial charge in [-0.25, -0.2) is 0 Å². The van der Waals surface area contributed by atoms with Gasteiger partial charge in [0.25, 0.3) is 0 Å². The molecule has 0 N–H and O–H groups in total. The van der Waals surface area contributed by atoms with Gasteiger partial charge in [-0.1, -0.05) is 41.9 Å². The molecule has 0 aliphatic heterocycles. The normalized spacial score (nSPS) is 20.7. The molecule has 0 atom stereocenters. The van der Waals surface area contributed by atoms with E-state index in [2.05, 4.69) is 48.0 Å². The van der Waals surface area contributed by atoms with Crippen LogP contribution in [0.5, 0.6) is 0 Å². The van der Waals surface area contributed by atoms with Gasteiger partial charge in [0, 0.05) is 10.9 Å². The smallest absolute Gasteiger partial charge is 0.160 e. The molecule has 0 unspecified atom stereocenters. The molecule has 1 nitrogen and oxygen atoms in total. The maximum absolute atomic E-state index is 11.6. The van der Waals surface area contributed by atoms with Crippen LogP contribution in [-0.4, -0.2) is 5.78 Å². The van der Waals surface area contributed by atoms with E-state index in [4.69, 9.17) is 0 Å². The van der Waals surface area contributed by atoms with Crippen molar-refractivity contribution in [2.24, 2.45) is 0 Å². The summed E-state index contributed by atoms with van der Waals surface area (Å²) in [5.74, 6) is 0.208. The Labute approximate surface area is 116 Å². The average molecular weight is 303 g/mol. The van der Waals surface area contributed by atoms with Crippen molar-refractivity contribution in [3.63, 3.8) is 0 Å². The van der Waals surface area contributed by atoms with E-state index in [1.807, 2.05) is 6.08 Å². The number of benzene rings is 1. The molecule has 0 radical (unpaired) electrons. The summed E-state index contributed by atoms with van der Waals surface area (Å²) in [7, 11) is 0. The Morgan fingerprint density at radius 1 is 1.22 bits per heavy atom. The molecule has 1 aromatic carbocycles. The van der Waals surface area contributed by atoms with Crippen molar-refractivity contribution < 1.29 is 4.79 Å². The summed E-state index contributed by atoms with van der Waals surface area (Å²) in [4.78, 5) is 11.6. The van der Waals surface area contributed by atoms with Crippen molar-refractivity contribution in [2.75, 3.05) is 0 Å².